The average Bonchev–Trinajstić information content (AvgIpc) is 2.54. The lowest BCUT2D eigenvalue weighted by Gasteiger charge is -2.15. The Labute approximate surface area is 140 Å². The highest BCUT2D eigenvalue weighted by molar-refractivity contribution is 6.30. The van der Waals surface area contributed by atoms with Gasteiger partial charge < -0.3 is 10.6 Å². The van der Waals surface area contributed by atoms with E-state index >= 15 is 0 Å². The molecule has 0 spiro atoms. The van der Waals surface area contributed by atoms with Gasteiger partial charge in [-0.3, -0.25) is 9.59 Å². The van der Waals surface area contributed by atoms with Crippen LogP contribution in [0.25, 0.3) is 0 Å². The zero-order valence-electron chi connectivity index (χ0n) is 13.1. The van der Waals surface area contributed by atoms with E-state index in [9.17, 15) is 9.59 Å². The summed E-state index contributed by atoms with van der Waals surface area (Å²) in [7, 11) is 0. The monoisotopic (exact) mass is 330 g/mol. The summed E-state index contributed by atoms with van der Waals surface area (Å²) in [5.41, 5.74) is 2.44. The van der Waals surface area contributed by atoms with Gasteiger partial charge in [-0.1, -0.05) is 23.7 Å². The number of rotatable bonds is 6. The molecule has 23 heavy (non-hydrogen) atoms. The molecular weight excluding hydrogens is 312 g/mol. The summed E-state index contributed by atoms with van der Waals surface area (Å²) in [6.45, 7) is 3.61. The molecule has 4 nitrogen and oxygen atoms in total. The van der Waals surface area contributed by atoms with Crippen LogP contribution in [0.4, 0.5) is 5.69 Å². The molecule has 0 aromatic heterocycles. The summed E-state index contributed by atoms with van der Waals surface area (Å²) in [6, 6.07) is 14.3. The number of hydrogen-bond donors (Lipinski definition) is 2. The minimum atomic E-state index is -0.108. The van der Waals surface area contributed by atoms with Crippen molar-refractivity contribution in [2.24, 2.45) is 0 Å². The van der Waals surface area contributed by atoms with Gasteiger partial charge in [-0.05, 0) is 55.8 Å². The van der Waals surface area contributed by atoms with Gasteiger partial charge in [0.2, 0.25) is 5.91 Å². The summed E-state index contributed by atoms with van der Waals surface area (Å²) < 4.78 is 0. The highest BCUT2D eigenvalue weighted by Gasteiger charge is 2.09. The number of anilines is 1. The lowest BCUT2D eigenvalue weighted by molar-refractivity contribution is -0.120. The number of halogens is 1. The molecule has 0 aliphatic heterocycles. The molecule has 0 aliphatic rings. The van der Waals surface area contributed by atoms with Crippen molar-refractivity contribution in [3.63, 3.8) is 0 Å². The summed E-state index contributed by atoms with van der Waals surface area (Å²) in [5.74, 6) is -0.0887. The predicted octanol–water partition coefficient (Wildman–Crippen LogP) is 3.83. The first-order chi connectivity index (χ1) is 11.0. The highest BCUT2D eigenvalue weighted by atomic mass is 35.5. The highest BCUT2D eigenvalue weighted by Crippen LogP contribution is 2.16. The molecule has 0 saturated carbocycles. The molecule has 0 saturated heterocycles. The van der Waals surface area contributed by atoms with Crippen LogP contribution in [-0.4, -0.2) is 18.2 Å². The van der Waals surface area contributed by atoms with Gasteiger partial charge in [-0.15, -0.1) is 0 Å². The third kappa shape index (κ3) is 5.11. The van der Waals surface area contributed by atoms with Crippen molar-refractivity contribution in [2.75, 3.05) is 11.9 Å². The van der Waals surface area contributed by atoms with E-state index in [0.717, 1.165) is 11.3 Å². The van der Waals surface area contributed by atoms with Crippen LogP contribution in [0.3, 0.4) is 0 Å². The van der Waals surface area contributed by atoms with Gasteiger partial charge >= 0.3 is 0 Å². The summed E-state index contributed by atoms with van der Waals surface area (Å²) in [5, 5.41) is 6.62. The van der Waals surface area contributed by atoms with Crippen molar-refractivity contribution in [3.8, 4) is 0 Å². The molecule has 1 amide bonds. The number of nitrogens with one attached hydrogen (secondary N) is 2. The number of carbonyl (C=O) groups excluding carboxylic acids is 2. The van der Waals surface area contributed by atoms with Crippen LogP contribution in [0.2, 0.25) is 5.02 Å². The normalized spacial score (nSPS) is 11.6. The van der Waals surface area contributed by atoms with E-state index in [1.165, 1.54) is 6.92 Å². The quantitative estimate of drug-likeness (QED) is 0.791. The third-order valence-corrected chi connectivity index (χ3v) is 3.74. The van der Waals surface area contributed by atoms with Crippen molar-refractivity contribution in [1.29, 1.82) is 0 Å². The van der Waals surface area contributed by atoms with Gasteiger partial charge in [0.25, 0.3) is 0 Å². The van der Waals surface area contributed by atoms with Crippen molar-refractivity contribution in [2.45, 2.75) is 19.9 Å². The van der Waals surface area contributed by atoms with Crippen molar-refractivity contribution < 1.29 is 9.59 Å². The predicted molar refractivity (Wildman–Crippen MR) is 92.9 cm³/mol. The first-order valence-electron chi connectivity index (χ1n) is 7.35. The molecule has 0 radical (unpaired) electrons. The summed E-state index contributed by atoms with van der Waals surface area (Å²) in [6.07, 6.45) is 0. The zero-order valence-corrected chi connectivity index (χ0v) is 13.9. The van der Waals surface area contributed by atoms with Crippen molar-refractivity contribution in [1.82, 2.24) is 5.32 Å². The maximum absolute atomic E-state index is 12.0. The minimum absolute atomic E-state index is 0.0195. The Hall–Kier alpha value is -2.33. The van der Waals surface area contributed by atoms with E-state index < -0.39 is 0 Å². The Kier molecular flexibility index (Phi) is 5.77. The SMILES string of the molecule is CC(=O)c1ccc(NCC(=O)NC(C)c2ccc(Cl)cc2)cc1. The Morgan fingerprint density at radius 3 is 2.22 bits per heavy atom. The van der Waals surface area contributed by atoms with Crippen LogP contribution >= 0.6 is 11.6 Å². The molecule has 2 N–H and O–H groups in total. The zero-order chi connectivity index (χ0) is 16.8. The average molecular weight is 331 g/mol. The maximum atomic E-state index is 12.0. The van der Waals surface area contributed by atoms with E-state index in [4.69, 9.17) is 11.6 Å². The Morgan fingerprint density at radius 2 is 1.65 bits per heavy atom. The van der Waals surface area contributed by atoms with Gasteiger partial charge in [0.15, 0.2) is 5.78 Å². The number of ketones is 1. The second kappa shape index (κ2) is 7.79. The van der Waals surface area contributed by atoms with E-state index in [0.29, 0.717) is 10.6 Å². The molecule has 2 rings (SSSR count). The fourth-order valence-corrected chi connectivity index (χ4v) is 2.26. The van der Waals surface area contributed by atoms with Crippen molar-refractivity contribution in [3.05, 3.63) is 64.7 Å². The molecule has 0 fully saturated rings. The molecule has 2 aromatic rings. The largest absolute Gasteiger partial charge is 0.376 e. The lowest BCUT2D eigenvalue weighted by Crippen LogP contribution is -2.32. The topological polar surface area (TPSA) is 58.2 Å². The second-order valence-corrected chi connectivity index (χ2v) is 5.76. The van der Waals surface area contributed by atoms with Crippen LogP contribution in [0.1, 0.15) is 35.8 Å². The molecule has 0 bridgehead atoms. The standard InChI is InChI=1S/C18H19ClN2O2/c1-12(14-3-7-16(19)8-4-14)21-18(23)11-20-17-9-5-15(6-10-17)13(2)22/h3-10,12,20H,11H2,1-2H3,(H,21,23). The Morgan fingerprint density at radius 1 is 1.04 bits per heavy atom. The van der Waals surface area contributed by atoms with Gasteiger partial charge in [-0.25, -0.2) is 0 Å². The molecule has 0 aliphatic carbocycles. The second-order valence-electron chi connectivity index (χ2n) is 5.33. The van der Waals surface area contributed by atoms with Gasteiger partial charge in [0.05, 0.1) is 12.6 Å². The summed E-state index contributed by atoms with van der Waals surface area (Å²) >= 11 is 5.85. The van der Waals surface area contributed by atoms with Crippen LogP contribution in [0, 0.1) is 0 Å². The fraction of sp³-hybridized carbons (Fsp3) is 0.222. The number of carbonyl (C=O) groups is 2. The maximum Gasteiger partial charge on any atom is 0.239 e. The number of amides is 1. The smallest absolute Gasteiger partial charge is 0.239 e. The fourth-order valence-electron chi connectivity index (χ4n) is 2.13. The van der Waals surface area contributed by atoms with E-state index in [2.05, 4.69) is 10.6 Å². The molecule has 120 valence electrons. The molecule has 1 unspecified atom stereocenters. The molecule has 0 heterocycles. The first-order valence-corrected chi connectivity index (χ1v) is 7.73. The number of benzene rings is 2. The summed E-state index contributed by atoms with van der Waals surface area (Å²) in [4.78, 5) is 23.2. The van der Waals surface area contributed by atoms with Crippen LogP contribution in [-0.2, 0) is 4.79 Å². The Balaban J connectivity index is 1.84. The van der Waals surface area contributed by atoms with E-state index in [1.54, 1.807) is 36.4 Å². The first kappa shape index (κ1) is 17.0. The van der Waals surface area contributed by atoms with Crippen LogP contribution < -0.4 is 10.6 Å². The molecular formula is C18H19ClN2O2. The van der Waals surface area contributed by atoms with Crippen molar-refractivity contribution >= 4 is 29.0 Å². The van der Waals surface area contributed by atoms with Gasteiger partial charge in [0.1, 0.15) is 0 Å². The number of Topliss-reactive ketones (excluding diaryl/α,β-unsaturated/α-hetero) is 1. The van der Waals surface area contributed by atoms with Crippen LogP contribution in [0.15, 0.2) is 48.5 Å². The van der Waals surface area contributed by atoms with Gasteiger partial charge in [-0.2, -0.15) is 0 Å². The Bertz CT molecular complexity index is 681. The third-order valence-electron chi connectivity index (χ3n) is 3.49. The lowest BCUT2D eigenvalue weighted by atomic mass is 10.1. The minimum Gasteiger partial charge on any atom is -0.376 e. The molecule has 1 atom stereocenters. The van der Waals surface area contributed by atoms with Gasteiger partial charge in [0, 0.05) is 16.3 Å². The molecule has 2 aromatic carbocycles. The molecule has 5 heteroatoms. The number of hydrogen-bond acceptors (Lipinski definition) is 3. The van der Waals surface area contributed by atoms with Crippen LogP contribution in [0.5, 0.6) is 0 Å². The van der Waals surface area contributed by atoms with E-state index in [-0.39, 0.29) is 24.3 Å². The van der Waals surface area contributed by atoms with E-state index in [1.807, 2.05) is 19.1 Å².